The van der Waals surface area contributed by atoms with Crippen LogP contribution in [0.3, 0.4) is 0 Å². The number of alkyl carbamates (subject to hydrolysis) is 1. The minimum atomic E-state index is -0.481. The number of rotatable bonds is 6. The van der Waals surface area contributed by atoms with Gasteiger partial charge in [-0.25, -0.2) is 4.79 Å². The van der Waals surface area contributed by atoms with E-state index in [9.17, 15) is 4.79 Å². The van der Waals surface area contributed by atoms with Crippen molar-refractivity contribution >= 4 is 12.1 Å². The highest BCUT2D eigenvalue weighted by Crippen LogP contribution is 2.38. The van der Waals surface area contributed by atoms with Crippen LogP contribution in [-0.4, -0.2) is 68.0 Å². The van der Waals surface area contributed by atoms with Gasteiger partial charge in [-0.05, 0) is 58.1 Å². The lowest BCUT2D eigenvalue weighted by Crippen LogP contribution is -2.45. The number of ether oxygens (including phenoxy) is 2. The highest BCUT2D eigenvalue weighted by atomic mass is 16.6. The highest BCUT2D eigenvalue weighted by molar-refractivity contribution is 5.80. The van der Waals surface area contributed by atoms with Crippen LogP contribution >= 0.6 is 0 Å². The van der Waals surface area contributed by atoms with E-state index in [1.165, 1.54) is 0 Å². The smallest absolute Gasteiger partial charge is 0.407 e. The van der Waals surface area contributed by atoms with Gasteiger partial charge in [0.25, 0.3) is 0 Å². The SMILES string of the molecule is CC(C)(C)OC(=O)NC1CCC2CN(C(=NCC3CCOC3)NCCc3ccco3)CC21. The lowest BCUT2D eigenvalue weighted by atomic mass is 9.98. The first kappa shape index (κ1) is 23.0. The third-order valence-corrected chi connectivity index (χ3v) is 6.62. The van der Waals surface area contributed by atoms with Gasteiger partial charge in [0.15, 0.2) is 5.96 Å². The van der Waals surface area contributed by atoms with E-state index in [4.69, 9.17) is 18.9 Å². The van der Waals surface area contributed by atoms with Crippen LogP contribution in [0.2, 0.25) is 0 Å². The van der Waals surface area contributed by atoms with Gasteiger partial charge < -0.3 is 29.4 Å². The summed E-state index contributed by atoms with van der Waals surface area (Å²) in [4.78, 5) is 19.7. The van der Waals surface area contributed by atoms with Crippen molar-refractivity contribution in [2.45, 2.75) is 58.1 Å². The predicted octanol–water partition coefficient (Wildman–Crippen LogP) is 3.04. The molecule has 4 unspecified atom stereocenters. The van der Waals surface area contributed by atoms with Crippen LogP contribution in [0.25, 0.3) is 0 Å². The molecule has 32 heavy (non-hydrogen) atoms. The number of nitrogens with one attached hydrogen (secondary N) is 2. The number of nitrogens with zero attached hydrogens (tertiary/aromatic N) is 2. The largest absolute Gasteiger partial charge is 0.469 e. The fourth-order valence-electron chi connectivity index (χ4n) is 5.04. The van der Waals surface area contributed by atoms with Crippen LogP contribution in [0.15, 0.2) is 27.8 Å². The van der Waals surface area contributed by atoms with E-state index in [-0.39, 0.29) is 12.1 Å². The van der Waals surface area contributed by atoms with Crippen molar-refractivity contribution in [2.24, 2.45) is 22.7 Å². The highest BCUT2D eigenvalue weighted by Gasteiger charge is 2.44. The molecule has 1 saturated carbocycles. The zero-order valence-electron chi connectivity index (χ0n) is 19.6. The predicted molar refractivity (Wildman–Crippen MR) is 123 cm³/mol. The lowest BCUT2D eigenvalue weighted by Gasteiger charge is -2.26. The molecule has 4 atom stereocenters. The zero-order chi connectivity index (χ0) is 22.6. The van der Waals surface area contributed by atoms with Gasteiger partial charge in [0.05, 0.1) is 12.9 Å². The van der Waals surface area contributed by atoms with Crippen molar-refractivity contribution in [3.8, 4) is 0 Å². The average Bonchev–Trinajstić information content (AvgIpc) is 3.49. The Balaban J connectivity index is 1.35. The Hall–Kier alpha value is -2.22. The molecule has 178 valence electrons. The standard InChI is InChI=1S/C24H38N4O4/c1-24(2,3)32-23(29)27-21-7-6-18-14-28(15-20(18)21)22(26-13-17-9-12-30-16-17)25-10-8-19-5-4-11-31-19/h4-5,11,17-18,20-21H,6-10,12-16H2,1-3H3,(H,25,26)(H,27,29). The summed E-state index contributed by atoms with van der Waals surface area (Å²) in [6.07, 6.45) is 5.44. The number of hydrogen-bond donors (Lipinski definition) is 2. The molecule has 3 aliphatic rings. The third kappa shape index (κ3) is 6.18. The van der Waals surface area contributed by atoms with E-state index in [0.29, 0.717) is 17.8 Å². The van der Waals surface area contributed by atoms with E-state index >= 15 is 0 Å². The topological polar surface area (TPSA) is 88.3 Å². The molecule has 3 fully saturated rings. The Morgan fingerprint density at radius 3 is 2.88 bits per heavy atom. The molecule has 8 heteroatoms. The van der Waals surface area contributed by atoms with Gasteiger partial charge in [-0.1, -0.05) is 0 Å². The van der Waals surface area contributed by atoms with Gasteiger partial charge in [0, 0.05) is 57.1 Å². The normalized spacial score (nSPS) is 28.1. The zero-order valence-corrected chi connectivity index (χ0v) is 19.6. The summed E-state index contributed by atoms with van der Waals surface area (Å²) in [5.74, 6) is 3.44. The van der Waals surface area contributed by atoms with Crippen molar-refractivity contribution < 1.29 is 18.7 Å². The Morgan fingerprint density at radius 2 is 2.16 bits per heavy atom. The first-order valence-corrected chi connectivity index (χ1v) is 12.0. The van der Waals surface area contributed by atoms with Gasteiger partial charge in [-0.15, -0.1) is 0 Å². The number of aliphatic imine (C=N–C) groups is 1. The van der Waals surface area contributed by atoms with E-state index in [1.54, 1.807) is 6.26 Å². The molecule has 2 saturated heterocycles. The fourth-order valence-corrected chi connectivity index (χ4v) is 5.04. The molecule has 4 rings (SSSR count). The molecular weight excluding hydrogens is 408 g/mol. The van der Waals surface area contributed by atoms with Crippen molar-refractivity contribution in [1.82, 2.24) is 15.5 Å². The molecule has 1 aromatic rings. The van der Waals surface area contributed by atoms with Crippen LogP contribution in [0.4, 0.5) is 4.79 Å². The molecular formula is C24H38N4O4. The number of fused-ring (bicyclic) bond motifs is 1. The second-order valence-electron chi connectivity index (χ2n) is 10.3. The minimum absolute atomic E-state index is 0.160. The maximum absolute atomic E-state index is 12.3. The molecule has 1 aliphatic carbocycles. The maximum Gasteiger partial charge on any atom is 0.407 e. The van der Waals surface area contributed by atoms with Crippen LogP contribution in [-0.2, 0) is 15.9 Å². The maximum atomic E-state index is 12.3. The number of guanidine groups is 1. The van der Waals surface area contributed by atoms with Gasteiger partial charge in [-0.2, -0.15) is 0 Å². The summed E-state index contributed by atoms with van der Waals surface area (Å²) in [5, 5.41) is 6.69. The number of furan rings is 1. The Morgan fingerprint density at radius 1 is 1.28 bits per heavy atom. The number of amides is 1. The quantitative estimate of drug-likeness (QED) is 0.516. The van der Waals surface area contributed by atoms with Gasteiger partial charge in [0.2, 0.25) is 0 Å². The van der Waals surface area contributed by atoms with Crippen LogP contribution in [0.5, 0.6) is 0 Å². The van der Waals surface area contributed by atoms with Crippen LogP contribution in [0.1, 0.15) is 45.8 Å². The van der Waals surface area contributed by atoms with Gasteiger partial charge >= 0.3 is 6.09 Å². The summed E-state index contributed by atoms with van der Waals surface area (Å²) in [6, 6.07) is 4.08. The van der Waals surface area contributed by atoms with Crippen LogP contribution < -0.4 is 10.6 Å². The van der Waals surface area contributed by atoms with Gasteiger partial charge in [-0.3, -0.25) is 4.99 Å². The van der Waals surface area contributed by atoms with Crippen molar-refractivity contribution in [1.29, 1.82) is 0 Å². The summed E-state index contributed by atoms with van der Waals surface area (Å²) in [7, 11) is 0. The molecule has 1 aromatic heterocycles. The first-order valence-electron chi connectivity index (χ1n) is 12.0. The summed E-state index contributed by atoms with van der Waals surface area (Å²) < 4.78 is 16.5. The van der Waals surface area contributed by atoms with Crippen molar-refractivity contribution in [2.75, 3.05) is 39.4 Å². The van der Waals surface area contributed by atoms with Gasteiger partial charge in [0.1, 0.15) is 11.4 Å². The summed E-state index contributed by atoms with van der Waals surface area (Å²) >= 11 is 0. The van der Waals surface area contributed by atoms with Crippen molar-refractivity contribution in [3.63, 3.8) is 0 Å². The third-order valence-electron chi connectivity index (χ3n) is 6.62. The summed E-state index contributed by atoms with van der Waals surface area (Å²) in [6.45, 7) is 10.8. The van der Waals surface area contributed by atoms with E-state index < -0.39 is 5.60 Å². The van der Waals surface area contributed by atoms with Crippen LogP contribution in [0, 0.1) is 17.8 Å². The molecule has 1 amide bonds. The summed E-state index contributed by atoms with van der Waals surface area (Å²) in [5.41, 5.74) is -0.481. The van der Waals surface area contributed by atoms with E-state index in [1.807, 2.05) is 32.9 Å². The minimum Gasteiger partial charge on any atom is -0.469 e. The Kier molecular flexibility index (Phi) is 7.28. The molecule has 2 N–H and O–H groups in total. The second-order valence-corrected chi connectivity index (χ2v) is 10.3. The Labute approximate surface area is 191 Å². The first-order chi connectivity index (χ1) is 15.4. The van der Waals surface area contributed by atoms with E-state index in [0.717, 1.165) is 76.8 Å². The lowest BCUT2D eigenvalue weighted by molar-refractivity contribution is 0.0492. The molecule has 8 nitrogen and oxygen atoms in total. The fraction of sp³-hybridized carbons (Fsp3) is 0.750. The number of carbonyl (C=O) groups excluding carboxylic acids is 1. The monoisotopic (exact) mass is 446 g/mol. The van der Waals surface area contributed by atoms with Crippen molar-refractivity contribution in [3.05, 3.63) is 24.2 Å². The average molecular weight is 447 g/mol. The second kappa shape index (κ2) is 10.1. The molecule has 2 aliphatic heterocycles. The Bertz CT molecular complexity index is 767. The molecule has 3 heterocycles. The molecule has 0 aromatic carbocycles. The van der Waals surface area contributed by atoms with E-state index in [2.05, 4.69) is 15.5 Å². The molecule has 0 bridgehead atoms. The molecule has 0 spiro atoms. The number of likely N-dealkylation sites (tertiary alicyclic amines) is 1. The number of carbonyl (C=O) groups is 1. The number of hydrogen-bond acceptors (Lipinski definition) is 5. The molecule has 0 radical (unpaired) electrons.